The number of hydrogen-bond donors (Lipinski definition) is 1. The van der Waals surface area contributed by atoms with Crippen LogP contribution in [0.15, 0.2) is 42.5 Å². The van der Waals surface area contributed by atoms with Gasteiger partial charge in [0, 0.05) is 23.7 Å². The van der Waals surface area contributed by atoms with Gasteiger partial charge >= 0.3 is 5.97 Å². The highest BCUT2D eigenvalue weighted by Crippen LogP contribution is 2.47. The van der Waals surface area contributed by atoms with Crippen LogP contribution in [0, 0.1) is 19.8 Å². The van der Waals surface area contributed by atoms with E-state index in [2.05, 4.69) is 11.4 Å². The van der Waals surface area contributed by atoms with Crippen molar-refractivity contribution >= 4 is 23.3 Å². The number of amides is 1. The summed E-state index contributed by atoms with van der Waals surface area (Å²) in [6.45, 7) is 6.24. The van der Waals surface area contributed by atoms with Gasteiger partial charge in [0.25, 0.3) is 0 Å². The number of nitrogens with zero attached hydrogens (tertiary/aromatic N) is 1. The zero-order valence-electron chi connectivity index (χ0n) is 16.6. The number of fused-ring (bicyclic) bond motifs is 3. The summed E-state index contributed by atoms with van der Waals surface area (Å²) >= 11 is 0. The Morgan fingerprint density at radius 1 is 1.14 bits per heavy atom. The number of esters is 1. The van der Waals surface area contributed by atoms with Crippen LogP contribution in [-0.2, 0) is 14.3 Å². The van der Waals surface area contributed by atoms with E-state index in [0.717, 1.165) is 28.1 Å². The molecule has 28 heavy (non-hydrogen) atoms. The van der Waals surface area contributed by atoms with Crippen molar-refractivity contribution in [3.05, 3.63) is 59.2 Å². The van der Waals surface area contributed by atoms with E-state index in [1.165, 1.54) is 0 Å². The molecule has 2 aliphatic heterocycles. The van der Waals surface area contributed by atoms with Crippen LogP contribution in [0.25, 0.3) is 0 Å². The van der Waals surface area contributed by atoms with E-state index in [4.69, 9.17) is 4.74 Å². The number of hydrogen-bond acceptors (Lipinski definition) is 4. The molecule has 0 bridgehead atoms. The van der Waals surface area contributed by atoms with Gasteiger partial charge in [-0.25, -0.2) is 4.79 Å². The molecule has 4 rings (SSSR count). The van der Waals surface area contributed by atoms with Gasteiger partial charge in [-0.2, -0.15) is 0 Å². The number of ether oxygens (including phenoxy) is 1. The monoisotopic (exact) mass is 378 g/mol. The van der Waals surface area contributed by atoms with Gasteiger partial charge in [0.1, 0.15) is 6.04 Å². The van der Waals surface area contributed by atoms with Crippen molar-refractivity contribution in [2.75, 3.05) is 16.8 Å². The summed E-state index contributed by atoms with van der Waals surface area (Å²) in [5.41, 5.74) is 5.13. The van der Waals surface area contributed by atoms with E-state index in [0.29, 0.717) is 19.4 Å². The number of aryl methyl sites for hydroxylation is 2. The zero-order valence-corrected chi connectivity index (χ0v) is 16.6. The lowest BCUT2D eigenvalue weighted by molar-refractivity contribution is -0.146. The van der Waals surface area contributed by atoms with Crippen molar-refractivity contribution in [1.29, 1.82) is 0 Å². The van der Waals surface area contributed by atoms with Gasteiger partial charge in [0.15, 0.2) is 0 Å². The lowest BCUT2D eigenvalue weighted by Gasteiger charge is -2.47. The lowest BCUT2D eigenvalue weighted by Crippen LogP contribution is -2.53. The first-order chi connectivity index (χ1) is 13.5. The van der Waals surface area contributed by atoms with Gasteiger partial charge in [-0.3, -0.25) is 4.79 Å². The van der Waals surface area contributed by atoms with Crippen LogP contribution in [0.5, 0.6) is 0 Å². The molecule has 0 radical (unpaired) electrons. The highest BCUT2D eigenvalue weighted by Gasteiger charge is 2.48. The number of carbonyl (C=O) groups excluding carboxylic acids is 2. The third-order valence-corrected chi connectivity index (χ3v) is 5.76. The maximum atomic E-state index is 13.0. The molecule has 1 amide bonds. The lowest BCUT2D eigenvalue weighted by atomic mass is 9.75. The van der Waals surface area contributed by atoms with Gasteiger partial charge in [-0.1, -0.05) is 35.4 Å². The third kappa shape index (κ3) is 3.15. The average molecular weight is 378 g/mol. The largest absolute Gasteiger partial charge is 0.464 e. The second kappa shape index (κ2) is 7.30. The summed E-state index contributed by atoms with van der Waals surface area (Å²) < 4.78 is 5.35. The maximum Gasteiger partial charge on any atom is 0.328 e. The Morgan fingerprint density at radius 2 is 1.86 bits per heavy atom. The van der Waals surface area contributed by atoms with Crippen LogP contribution >= 0.6 is 0 Å². The highest BCUT2D eigenvalue weighted by molar-refractivity contribution is 5.96. The Labute approximate surface area is 165 Å². The Kier molecular flexibility index (Phi) is 4.84. The van der Waals surface area contributed by atoms with Crippen molar-refractivity contribution in [1.82, 2.24) is 0 Å². The van der Waals surface area contributed by atoms with E-state index < -0.39 is 6.04 Å². The van der Waals surface area contributed by atoms with E-state index >= 15 is 0 Å². The fraction of sp³-hybridized carbons (Fsp3) is 0.391. The van der Waals surface area contributed by atoms with E-state index in [9.17, 15) is 9.59 Å². The van der Waals surface area contributed by atoms with Crippen LogP contribution < -0.4 is 10.2 Å². The molecule has 0 unspecified atom stereocenters. The summed E-state index contributed by atoms with van der Waals surface area (Å²) in [4.78, 5) is 27.6. The average Bonchev–Trinajstić information content (AvgIpc) is 2.68. The van der Waals surface area contributed by atoms with Crippen LogP contribution in [0.3, 0.4) is 0 Å². The number of anilines is 2. The molecule has 0 aliphatic carbocycles. The minimum atomic E-state index is -0.457. The quantitative estimate of drug-likeness (QED) is 0.816. The van der Waals surface area contributed by atoms with Gasteiger partial charge in [-0.15, -0.1) is 0 Å². The summed E-state index contributed by atoms with van der Waals surface area (Å²) in [5, 5.41) is 3.39. The van der Waals surface area contributed by atoms with Crippen molar-refractivity contribution in [3.63, 3.8) is 0 Å². The fourth-order valence-corrected chi connectivity index (χ4v) is 4.44. The predicted octanol–water partition coefficient (Wildman–Crippen LogP) is 4.14. The summed E-state index contributed by atoms with van der Waals surface area (Å²) in [6.07, 6.45) is 1.09. The second-order valence-electron chi connectivity index (χ2n) is 7.71. The first-order valence-corrected chi connectivity index (χ1v) is 9.92. The minimum Gasteiger partial charge on any atom is -0.464 e. The molecule has 1 saturated heterocycles. The fourth-order valence-electron chi connectivity index (χ4n) is 4.44. The molecule has 3 atom stereocenters. The highest BCUT2D eigenvalue weighted by atomic mass is 16.5. The van der Waals surface area contributed by atoms with Crippen LogP contribution in [0.2, 0.25) is 0 Å². The number of piperidine rings is 1. The summed E-state index contributed by atoms with van der Waals surface area (Å²) in [7, 11) is 0. The maximum absolute atomic E-state index is 13.0. The van der Waals surface area contributed by atoms with Crippen LogP contribution in [0.4, 0.5) is 11.4 Å². The number of benzene rings is 2. The van der Waals surface area contributed by atoms with Gasteiger partial charge < -0.3 is 15.0 Å². The Bertz CT molecular complexity index is 907. The molecule has 0 spiro atoms. The number of carbonyl (C=O) groups is 2. The zero-order chi connectivity index (χ0) is 19.8. The van der Waals surface area contributed by atoms with E-state index in [1.54, 1.807) is 0 Å². The molecule has 5 heteroatoms. The Balaban J connectivity index is 1.84. The standard InChI is InChI=1S/C23H26N2O3/c1-4-28-23(27)21-17-10-12-20(26)25(16-8-5-14(2)6-9-16)22(17)18-13-15(3)7-11-19(18)24-21/h5-9,11,13,17,21-22,24H,4,10,12H2,1-3H3/t17-,21+,22-/m0/s1. The van der Waals surface area contributed by atoms with Crippen molar-refractivity contribution in [2.24, 2.45) is 5.92 Å². The molecular formula is C23H26N2O3. The van der Waals surface area contributed by atoms with E-state index in [-0.39, 0.29) is 23.8 Å². The molecule has 2 aromatic carbocycles. The third-order valence-electron chi connectivity index (χ3n) is 5.76. The SMILES string of the molecule is CCOC(=O)[C@@H]1Nc2ccc(C)cc2[C@@H]2[C@H]1CCC(=O)N2c1ccc(C)cc1. The van der Waals surface area contributed by atoms with Crippen LogP contribution in [-0.4, -0.2) is 24.5 Å². The first-order valence-electron chi connectivity index (χ1n) is 9.92. The van der Waals surface area contributed by atoms with E-state index in [1.807, 2.05) is 62.1 Å². The van der Waals surface area contributed by atoms with Crippen LogP contribution in [0.1, 0.15) is 42.5 Å². The Morgan fingerprint density at radius 3 is 2.57 bits per heavy atom. The normalized spacial score (nSPS) is 23.5. The summed E-state index contributed by atoms with van der Waals surface area (Å²) in [5.74, 6) is -0.184. The smallest absolute Gasteiger partial charge is 0.328 e. The van der Waals surface area contributed by atoms with Gasteiger partial charge in [0.2, 0.25) is 5.91 Å². The molecule has 146 valence electrons. The second-order valence-corrected chi connectivity index (χ2v) is 7.71. The first kappa shape index (κ1) is 18.5. The number of nitrogens with one attached hydrogen (secondary N) is 1. The van der Waals surface area contributed by atoms with Crippen molar-refractivity contribution in [3.8, 4) is 0 Å². The number of rotatable bonds is 3. The van der Waals surface area contributed by atoms with Crippen molar-refractivity contribution in [2.45, 2.75) is 45.7 Å². The summed E-state index contributed by atoms with van der Waals surface area (Å²) in [6, 6.07) is 13.5. The molecular weight excluding hydrogens is 352 g/mol. The molecule has 0 aromatic heterocycles. The topological polar surface area (TPSA) is 58.6 Å². The molecule has 0 saturated carbocycles. The van der Waals surface area contributed by atoms with Gasteiger partial charge in [-0.05, 0) is 51.0 Å². The molecule has 1 N–H and O–H groups in total. The molecule has 1 fully saturated rings. The molecule has 5 nitrogen and oxygen atoms in total. The minimum absolute atomic E-state index is 0.0349. The molecule has 2 aromatic rings. The van der Waals surface area contributed by atoms with Gasteiger partial charge in [0.05, 0.1) is 12.6 Å². The van der Waals surface area contributed by atoms with Crippen molar-refractivity contribution < 1.29 is 14.3 Å². The Hall–Kier alpha value is -2.82. The molecule has 2 aliphatic rings. The molecule has 2 heterocycles. The predicted molar refractivity (Wildman–Crippen MR) is 109 cm³/mol.